The quantitative estimate of drug-likeness (QED) is 0.228. The fraction of sp³-hybridized carbons (Fsp3) is 1.00. The van der Waals surface area contributed by atoms with Crippen molar-refractivity contribution in [3.8, 4) is 0 Å². The first-order valence-corrected chi connectivity index (χ1v) is 6.39. The maximum atomic E-state index is 9.88. The normalized spacial score (nSPS) is 39.6. The number of ether oxygens (including phenoxy) is 1. The Balaban J connectivity index is 2.82. The maximum absolute atomic E-state index is 9.88. The van der Waals surface area contributed by atoms with Gasteiger partial charge in [0.15, 0.2) is 0 Å². The van der Waals surface area contributed by atoms with E-state index in [1.807, 2.05) is 0 Å². The highest BCUT2D eigenvalue weighted by atomic mass is 16.6. The molecule has 0 aliphatic carbocycles. The number of hydrogen-bond acceptors (Lipinski definition) is 10. The van der Waals surface area contributed by atoms with Crippen molar-refractivity contribution >= 4 is 0 Å². The predicted octanol–water partition coefficient (Wildman–Crippen LogP) is -5.74. The molecule has 1 rings (SSSR count). The zero-order valence-corrected chi connectivity index (χ0v) is 11.0. The second-order valence-corrected chi connectivity index (χ2v) is 5.02. The van der Waals surface area contributed by atoms with Crippen molar-refractivity contribution in [2.24, 2.45) is 0 Å². The summed E-state index contributed by atoms with van der Waals surface area (Å²) in [5.74, 6) is 0. The van der Waals surface area contributed by atoms with Gasteiger partial charge in [-0.25, -0.2) is 0 Å². The van der Waals surface area contributed by atoms with Gasteiger partial charge in [0.2, 0.25) is 0 Å². The van der Waals surface area contributed by atoms with Crippen LogP contribution in [0.1, 0.15) is 0 Å². The maximum Gasteiger partial charge on any atom is 0.115 e. The predicted molar refractivity (Wildman–Crippen MR) is 64.9 cm³/mol. The van der Waals surface area contributed by atoms with E-state index in [2.05, 4.69) is 0 Å². The van der Waals surface area contributed by atoms with Crippen molar-refractivity contribution in [3.05, 3.63) is 0 Å². The molecule has 1 aliphatic heterocycles. The molecular formula is C11H22O10. The van der Waals surface area contributed by atoms with Gasteiger partial charge in [-0.1, -0.05) is 0 Å². The van der Waals surface area contributed by atoms with Gasteiger partial charge in [-0.3, -0.25) is 0 Å². The van der Waals surface area contributed by atoms with E-state index < -0.39 is 68.1 Å². The van der Waals surface area contributed by atoms with E-state index in [0.717, 1.165) is 0 Å². The van der Waals surface area contributed by atoms with Crippen molar-refractivity contribution in [1.29, 1.82) is 0 Å². The lowest BCUT2D eigenvalue weighted by molar-refractivity contribution is -0.263. The smallest absolute Gasteiger partial charge is 0.115 e. The van der Waals surface area contributed by atoms with Crippen LogP contribution >= 0.6 is 0 Å². The summed E-state index contributed by atoms with van der Waals surface area (Å²) < 4.78 is 5.00. The fourth-order valence-electron chi connectivity index (χ4n) is 2.14. The molecule has 10 nitrogen and oxygen atoms in total. The van der Waals surface area contributed by atoms with Gasteiger partial charge in [0.25, 0.3) is 0 Å². The standard InChI is InChI=1S/C11H22O10/c12-1-3(14)5(15)7(17)9(19)11-10(20)8(18)6(16)4(2-13)21-11/h3-20H,1-2H2/t3-,4-,5-,6-,7-,8+,9?,10-,11-/m1/s1. The Kier molecular flexibility index (Phi) is 6.87. The second-order valence-electron chi connectivity index (χ2n) is 5.02. The molecule has 9 atom stereocenters. The van der Waals surface area contributed by atoms with E-state index in [1.165, 1.54) is 0 Å². The van der Waals surface area contributed by atoms with Gasteiger partial charge in [0, 0.05) is 0 Å². The molecule has 0 amide bonds. The van der Waals surface area contributed by atoms with Crippen LogP contribution in [0.25, 0.3) is 0 Å². The zero-order chi connectivity index (χ0) is 16.3. The molecule has 1 saturated heterocycles. The van der Waals surface area contributed by atoms with Crippen molar-refractivity contribution in [1.82, 2.24) is 0 Å². The molecule has 126 valence electrons. The van der Waals surface area contributed by atoms with Gasteiger partial charge < -0.3 is 50.7 Å². The lowest BCUT2D eigenvalue weighted by Crippen LogP contribution is -2.64. The van der Waals surface area contributed by atoms with E-state index in [1.54, 1.807) is 0 Å². The molecule has 0 aromatic rings. The molecule has 21 heavy (non-hydrogen) atoms. The monoisotopic (exact) mass is 314 g/mol. The molecule has 10 heteroatoms. The Morgan fingerprint density at radius 3 is 1.86 bits per heavy atom. The first-order valence-electron chi connectivity index (χ1n) is 6.39. The van der Waals surface area contributed by atoms with Crippen LogP contribution in [0.2, 0.25) is 0 Å². The SMILES string of the molecule is OC[C@@H](O)[C@@H](O)[C@@H](O)C(O)[C@H]1O[C@H](CO)[C@@H](O)[C@H](O)[C@H]1O. The third-order valence-corrected chi connectivity index (χ3v) is 3.55. The zero-order valence-electron chi connectivity index (χ0n) is 11.0. The first kappa shape index (κ1) is 18.6. The van der Waals surface area contributed by atoms with Crippen molar-refractivity contribution in [3.63, 3.8) is 0 Å². The largest absolute Gasteiger partial charge is 0.394 e. The summed E-state index contributed by atoms with van der Waals surface area (Å²) in [6.07, 6.45) is -15.7. The highest BCUT2D eigenvalue weighted by Gasteiger charge is 2.48. The summed E-state index contributed by atoms with van der Waals surface area (Å²) in [4.78, 5) is 0. The van der Waals surface area contributed by atoms with E-state index in [4.69, 9.17) is 14.9 Å². The minimum Gasteiger partial charge on any atom is -0.394 e. The minimum absolute atomic E-state index is 0.716. The van der Waals surface area contributed by atoms with Gasteiger partial charge in [-0.2, -0.15) is 0 Å². The molecule has 1 aliphatic rings. The number of aliphatic hydroxyl groups is 9. The highest BCUT2D eigenvalue weighted by Crippen LogP contribution is 2.25. The van der Waals surface area contributed by atoms with Gasteiger partial charge in [-0.05, 0) is 0 Å². The van der Waals surface area contributed by atoms with E-state index >= 15 is 0 Å². The van der Waals surface area contributed by atoms with Crippen LogP contribution in [0.5, 0.6) is 0 Å². The van der Waals surface area contributed by atoms with Gasteiger partial charge in [0.05, 0.1) is 13.2 Å². The van der Waals surface area contributed by atoms with E-state index in [-0.39, 0.29) is 0 Å². The highest BCUT2D eigenvalue weighted by molar-refractivity contribution is 4.97. The minimum atomic E-state index is -2.01. The summed E-state index contributed by atoms with van der Waals surface area (Å²) in [6.45, 7) is -1.59. The van der Waals surface area contributed by atoms with Gasteiger partial charge in [-0.15, -0.1) is 0 Å². The van der Waals surface area contributed by atoms with Crippen molar-refractivity contribution in [2.75, 3.05) is 13.2 Å². The molecule has 9 N–H and O–H groups in total. The van der Waals surface area contributed by atoms with Gasteiger partial charge >= 0.3 is 0 Å². The molecule has 0 spiro atoms. The molecule has 1 heterocycles. The average Bonchev–Trinajstić information content (AvgIpc) is 2.50. The van der Waals surface area contributed by atoms with Gasteiger partial charge in [0.1, 0.15) is 54.9 Å². The fourth-order valence-corrected chi connectivity index (χ4v) is 2.14. The third-order valence-electron chi connectivity index (χ3n) is 3.55. The van der Waals surface area contributed by atoms with E-state index in [9.17, 15) is 35.7 Å². The summed E-state index contributed by atoms with van der Waals surface area (Å²) in [5.41, 5.74) is 0. The molecule has 0 saturated carbocycles. The Hall–Kier alpha value is -0.400. The molecule has 1 unspecified atom stereocenters. The Morgan fingerprint density at radius 2 is 1.38 bits per heavy atom. The molecule has 0 aromatic carbocycles. The summed E-state index contributed by atoms with van der Waals surface area (Å²) in [7, 11) is 0. The van der Waals surface area contributed by atoms with Crippen LogP contribution in [0, 0.1) is 0 Å². The molecule has 0 aromatic heterocycles. The third kappa shape index (κ3) is 3.87. The Labute approximate surface area is 120 Å². The molecular weight excluding hydrogens is 292 g/mol. The van der Waals surface area contributed by atoms with Crippen LogP contribution in [-0.2, 0) is 4.74 Å². The topological polar surface area (TPSA) is 191 Å². The molecule has 1 fully saturated rings. The van der Waals surface area contributed by atoms with Crippen LogP contribution in [0.4, 0.5) is 0 Å². The number of aliphatic hydroxyl groups excluding tert-OH is 9. The van der Waals surface area contributed by atoms with Crippen LogP contribution in [-0.4, -0.2) is 114 Å². The van der Waals surface area contributed by atoms with Crippen LogP contribution < -0.4 is 0 Å². The Morgan fingerprint density at radius 1 is 0.810 bits per heavy atom. The summed E-state index contributed by atoms with van der Waals surface area (Å²) in [6, 6.07) is 0. The Bertz CT molecular complexity index is 313. The van der Waals surface area contributed by atoms with Crippen molar-refractivity contribution in [2.45, 2.75) is 54.9 Å². The second kappa shape index (κ2) is 7.74. The molecule has 0 radical (unpaired) electrons. The summed E-state index contributed by atoms with van der Waals surface area (Å²) in [5, 5.41) is 84.8. The van der Waals surface area contributed by atoms with Crippen molar-refractivity contribution < 1.29 is 50.7 Å². The first-order chi connectivity index (χ1) is 9.76. The lowest BCUT2D eigenvalue weighted by Gasteiger charge is -2.43. The average molecular weight is 314 g/mol. The lowest BCUT2D eigenvalue weighted by atomic mass is 9.88. The van der Waals surface area contributed by atoms with E-state index in [0.29, 0.717) is 0 Å². The van der Waals surface area contributed by atoms with Crippen LogP contribution in [0.15, 0.2) is 0 Å². The molecule has 0 bridgehead atoms. The number of rotatable bonds is 6. The summed E-state index contributed by atoms with van der Waals surface area (Å²) >= 11 is 0. The number of hydrogen-bond donors (Lipinski definition) is 9. The van der Waals surface area contributed by atoms with Crippen LogP contribution in [0.3, 0.4) is 0 Å².